The Morgan fingerprint density at radius 3 is 2.39 bits per heavy atom. The highest BCUT2D eigenvalue weighted by Gasteiger charge is 2.29. The lowest BCUT2D eigenvalue weighted by atomic mass is 10.1. The average Bonchev–Trinajstić information content (AvgIpc) is 3.20. The van der Waals surface area contributed by atoms with Crippen LogP contribution < -0.4 is 14.5 Å². The molecular weight excluding hydrogens is 360 g/mol. The Morgan fingerprint density at radius 2 is 1.79 bits per heavy atom. The van der Waals surface area contributed by atoms with E-state index in [1.54, 1.807) is 37.6 Å². The molecule has 1 aliphatic heterocycles. The monoisotopic (exact) mass is 380 g/mol. The zero-order chi connectivity index (χ0) is 19.5. The van der Waals surface area contributed by atoms with Crippen LogP contribution in [0.15, 0.2) is 53.2 Å². The molecule has 0 radical (unpaired) electrons. The number of carbonyl (C=O) groups is 1. The Bertz CT molecular complexity index is 948. The third-order valence-electron chi connectivity index (χ3n) is 4.79. The van der Waals surface area contributed by atoms with Crippen molar-refractivity contribution >= 4 is 17.6 Å². The summed E-state index contributed by atoms with van der Waals surface area (Å²) in [6.07, 6.45) is 1.77. The van der Waals surface area contributed by atoms with Gasteiger partial charge in [-0.15, -0.1) is 0 Å². The summed E-state index contributed by atoms with van der Waals surface area (Å²) in [5.41, 5.74) is 0.723. The van der Waals surface area contributed by atoms with Crippen LogP contribution >= 0.6 is 0 Å². The molecule has 0 spiro atoms. The van der Waals surface area contributed by atoms with Crippen molar-refractivity contribution in [3.63, 3.8) is 0 Å². The van der Waals surface area contributed by atoms with Gasteiger partial charge >= 0.3 is 5.97 Å². The molecule has 28 heavy (non-hydrogen) atoms. The van der Waals surface area contributed by atoms with Gasteiger partial charge in [-0.25, -0.2) is 9.78 Å². The number of nitrogens with zero attached hydrogens (tertiary/aromatic N) is 4. The quantitative estimate of drug-likeness (QED) is 0.722. The molecule has 0 unspecified atom stereocenters. The molecule has 0 atom stereocenters. The van der Waals surface area contributed by atoms with Crippen LogP contribution in [0, 0.1) is 0 Å². The topological polar surface area (TPSA) is 91.9 Å². The van der Waals surface area contributed by atoms with Crippen LogP contribution in [-0.2, 0) is 0 Å². The number of rotatable bonds is 5. The van der Waals surface area contributed by atoms with Gasteiger partial charge in [0, 0.05) is 37.9 Å². The van der Waals surface area contributed by atoms with Crippen molar-refractivity contribution in [2.45, 2.75) is 0 Å². The Kier molecular flexibility index (Phi) is 4.84. The first-order valence-electron chi connectivity index (χ1n) is 8.95. The molecule has 1 N–H and O–H groups in total. The Hall–Kier alpha value is -3.55. The molecule has 4 rings (SSSR count). The van der Waals surface area contributed by atoms with E-state index in [-0.39, 0.29) is 11.3 Å². The lowest BCUT2D eigenvalue weighted by molar-refractivity contribution is 0.0698. The normalized spacial score (nSPS) is 14.2. The first-order valence-corrected chi connectivity index (χ1v) is 8.95. The van der Waals surface area contributed by atoms with Gasteiger partial charge in [0.1, 0.15) is 11.6 Å². The van der Waals surface area contributed by atoms with E-state index >= 15 is 0 Å². The van der Waals surface area contributed by atoms with Crippen molar-refractivity contribution < 1.29 is 19.2 Å². The van der Waals surface area contributed by atoms with Crippen LogP contribution in [0.3, 0.4) is 0 Å². The third-order valence-corrected chi connectivity index (χ3v) is 4.79. The second-order valence-electron chi connectivity index (χ2n) is 6.41. The number of piperazine rings is 1. The number of benzene rings is 1. The minimum absolute atomic E-state index is 0.0800. The number of hydrogen-bond acceptors (Lipinski definition) is 7. The second kappa shape index (κ2) is 7.59. The highest BCUT2D eigenvalue weighted by molar-refractivity contribution is 5.99. The van der Waals surface area contributed by atoms with Crippen molar-refractivity contribution in [1.82, 2.24) is 10.1 Å². The third kappa shape index (κ3) is 3.36. The van der Waals surface area contributed by atoms with E-state index in [4.69, 9.17) is 9.26 Å². The molecule has 1 aromatic carbocycles. The highest BCUT2D eigenvalue weighted by Crippen LogP contribution is 2.33. The van der Waals surface area contributed by atoms with Crippen molar-refractivity contribution in [1.29, 1.82) is 0 Å². The number of methoxy groups -OCH3 is 1. The summed E-state index contributed by atoms with van der Waals surface area (Å²) < 4.78 is 10.6. The van der Waals surface area contributed by atoms with E-state index < -0.39 is 5.97 Å². The maximum absolute atomic E-state index is 12.0. The molecule has 1 aliphatic rings. The maximum atomic E-state index is 12.0. The van der Waals surface area contributed by atoms with Gasteiger partial charge in [-0.1, -0.05) is 11.2 Å². The molecule has 0 aliphatic carbocycles. The van der Waals surface area contributed by atoms with Gasteiger partial charge in [-0.05, 0) is 36.4 Å². The van der Waals surface area contributed by atoms with Crippen LogP contribution in [0.4, 0.5) is 11.6 Å². The number of aromatic nitrogens is 2. The van der Waals surface area contributed by atoms with Gasteiger partial charge in [0.05, 0.1) is 7.11 Å². The Balaban J connectivity index is 1.57. The van der Waals surface area contributed by atoms with Crippen molar-refractivity contribution in [3.05, 3.63) is 54.2 Å². The molecule has 3 heterocycles. The Morgan fingerprint density at radius 1 is 1.07 bits per heavy atom. The number of hydrogen-bond donors (Lipinski definition) is 1. The van der Waals surface area contributed by atoms with Gasteiger partial charge in [-0.3, -0.25) is 0 Å². The van der Waals surface area contributed by atoms with Gasteiger partial charge in [0.2, 0.25) is 0 Å². The smallest absolute Gasteiger partial charge is 0.343 e. The maximum Gasteiger partial charge on any atom is 0.343 e. The van der Waals surface area contributed by atoms with E-state index in [2.05, 4.69) is 15.0 Å². The summed E-state index contributed by atoms with van der Waals surface area (Å²) in [6.45, 7) is 2.71. The molecule has 0 amide bonds. The van der Waals surface area contributed by atoms with Crippen LogP contribution in [0.2, 0.25) is 0 Å². The molecule has 1 saturated heterocycles. The lowest BCUT2D eigenvalue weighted by Gasteiger charge is -2.35. The fourth-order valence-electron chi connectivity index (χ4n) is 3.32. The van der Waals surface area contributed by atoms with Crippen LogP contribution in [0.5, 0.6) is 5.75 Å². The number of anilines is 2. The molecule has 1 fully saturated rings. The highest BCUT2D eigenvalue weighted by atomic mass is 16.5. The Labute approximate surface area is 162 Å². The van der Waals surface area contributed by atoms with Gasteiger partial charge < -0.3 is 24.2 Å². The van der Waals surface area contributed by atoms with Crippen LogP contribution in [-0.4, -0.2) is 54.5 Å². The summed E-state index contributed by atoms with van der Waals surface area (Å²) in [4.78, 5) is 20.4. The molecule has 8 heteroatoms. The zero-order valence-corrected chi connectivity index (χ0v) is 15.4. The predicted molar refractivity (Wildman–Crippen MR) is 104 cm³/mol. The largest absolute Gasteiger partial charge is 0.497 e. The molecule has 0 bridgehead atoms. The predicted octanol–water partition coefficient (Wildman–Crippen LogP) is 2.77. The van der Waals surface area contributed by atoms with E-state index in [9.17, 15) is 9.90 Å². The summed E-state index contributed by atoms with van der Waals surface area (Å²) >= 11 is 0. The van der Waals surface area contributed by atoms with E-state index in [0.717, 1.165) is 18.9 Å². The van der Waals surface area contributed by atoms with Gasteiger partial charge in [-0.2, -0.15) is 0 Å². The zero-order valence-electron chi connectivity index (χ0n) is 15.4. The van der Waals surface area contributed by atoms with E-state index in [0.29, 0.717) is 30.2 Å². The molecule has 8 nitrogen and oxygen atoms in total. The molecular formula is C20H20N4O4. The summed E-state index contributed by atoms with van der Waals surface area (Å²) in [5, 5.41) is 13.9. The number of aromatic carboxylic acids is 1. The summed E-state index contributed by atoms with van der Waals surface area (Å²) in [5.74, 6) is 1.15. The first kappa shape index (κ1) is 17.8. The van der Waals surface area contributed by atoms with Gasteiger partial charge in [0.15, 0.2) is 17.1 Å². The fourth-order valence-corrected chi connectivity index (χ4v) is 3.32. The van der Waals surface area contributed by atoms with Crippen molar-refractivity contribution in [3.8, 4) is 17.1 Å². The number of carboxylic acid groups (broad SMARTS) is 1. The first-order chi connectivity index (χ1) is 13.7. The number of ether oxygens (including phenoxy) is 1. The molecule has 3 aromatic rings. The fraction of sp³-hybridized carbons (Fsp3) is 0.250. The van der Waals surface area contributed by atoms with Gasteiger partial charge in [0.25, 0.3) is 0 Å². The van der Waals surface area contributed by atoms with Crippen LogP contribution in [0.25, 0.3) is 11.3 Å². The standard InChI is InChI=1S/C20H20N4O4/c1-27-15-7-5-14(6-8-15)18-17(20(25)26)19(22-28-18)24-12-10-23(11-13-24)16-4-2-3-9-21-16/h2-9H,10-13H2,1H3,(H,25,26). The second-order valence-corrected chi connectivity index (χ2v) is 6.41. The molecule has 2 aromatic heterocycles. The lowest BCUT2D eigenvalue weighted by Crippen LogP contribution is -2.47. The average molecular weight is 380 g/mol. The van der Waals surface area contributed by atoms with E-state index in [1.165, 1.54) is 0 Å². The summed E-state index contributed by atoms with van der Waals surface area (Å²) in [7, 11) is 1.58. The SMILES string of the molecule is COc1ccc(-c2onc(N3CCN(c4ccccn4)CC3)c2C(=O)O)cc1. The molecule has 0 saturated carbocycles. The van der Waals surface area contributed by atoms with Crippen LogP contribution in [0.1, 0.15) is 10.4 Å². The van der Waals surface area contributed by atoms with E-state index in [1.807, 2.05) is 23.1 Å². The number of carboxylic acids is 1. The summed E-state index contributed by atoms with van der Waals surface area (Å²) in [6, 6.07) is 12.8. The minimum atomic E-state index is -1.06. The minimum Gasteiger partial charge on any atom is -0.497 e. The van der Waals surface area contributed by atoms with Crippen molar-refractivity contribution in [2.24, 2.45) is 0 Å². The number of pyridine rings is 1. The molecule has 144 valence electrons. The van der Waals surface area contributed by atoms with Crippen molar-refractivity contribution in [2.75, 3.05) is 43.1 Å².